The van der Waals surface area contributed by atoms with Crippen LogP contribution in [0.4, 0.5) is 0 Å². The highest BCUT2D eigenvalue weighted by molar-refractivity contribution is 6.30. The lowest BCUT2D eigenvalue weighted by Crippen LogP contribution is -2.24. The van der Waals surface area contributed by atoms with Crippen molar-refractivity contribution in [2.24, 2.45) is 5.10 Å². The molecule has 0 bridgehead atoms. The maximum Gasteiger partial charge on any atom is 0.277 e. The molecule has 0 aromatic heterocycles. The summed E-state index contributed by atoms with van der Waals surface area (Å²) in [5.41, 5.74) is 2.82. The molecule has 0 aliphatic rings. The molecule has 0 radical (unpaired) electrons. The summed E-state index contributed by atoms with van der Waals surface area (Å²) in [5.74, 6) is 0.226. The van der Waals surface area contributed by atoms with Gasteiger partial charge < -0.3 is 9.84 Å². The number of para-hydroxylation sites is 1. The summed E-state index contributed by atoms with van der Waals surface area (Å²) in [5, 5.41) is 13.9. The van der Waals surface area contributed by atoms with Gasteiger partial charge in [0, 0.05) is 10.6 Å². The molecule has 2 aromatic rings. The van der Waals surface area contributed by atoms with Crippen LogP contribution in [0.5, 0.6) is 11.5 Å². The van der Waals surface area contributed by atoms with Gasteiger partial charge in [0.1, 0.15) is 11.5 Å². The van der Waals surface area contributed by atoms with Crippen LogP contribution in [0, 0.1) is 0 Å². The molecule has 2 aromatic carbocycles. The fraction of sp³-hybridized carbons (Fsp3) is 0.0667. The highest BCUT2D eigenvalue weighted by atomic mass is 35.5. The number of nitrogens with one attached hydrogen (secondary N) is 1. The predicted octanol–water partition coefficient (Wildman–Crippen LogP) is 2.57. The summed E-state index contributed by atoms with van der Waals surface area (Å²) in [7, 11) is 0. The van der Waals surface area contributed by atoms with Gasteiger partial charge in [0.2, 0.25) is 0 Å². The summed E-state index contributed by atoms with van der Waals surface area (Å²) >= 11 is 5.74. The van der Waals surface area contributed by atoms with Gasteiger partial charge in [-0.1, -0.05) is 23.7 Å². The molecule has 0 spiro atoms. The molecule has 0 saturated carbocycles. The third kappa shape index (κ3) is 4.81. The van der Waals surface area contributed by atoms with Crippen LogP contribution >= 0.6 is 11.6 Å². The second kappa shape index (κ2) is 7.31. The zero-order valence-corrected chi connectivity index (χ0v) is 11.7. The number of ether oxygens (including phenoxy) is 1. The van der Waals surface area contributed by atoms with Crippen LogP contribution in [0.15, 0.2) is 53.6 Å². The Balaban J connectivity index is 1.80. The van der Waals surface area contributed by atoms with Crippen LogP contribution < -0.4 is 10.2 Å². The van der Waals surface area contributed by atoms with Gasteiger partial charge >= 0.3 is 0 Å². The van der Waals surface area contributed by atoms with E-state index in [1.54, 1.807) is 42.5 Å². The zero-order valence-electron chi connectivity index (χ0n) is 11.0. The first-order chi connectivity index (χ1) is 10.1. The first-order valence-electron chi connectivity index (χ1n) is 6.13. The Bertz CT molecular complexity index is 642. The highest BCUT2D eigenvalue weighted by Crippen LogP contribution is 2.15. The molecule has 6 heteroatoms. The maximum absolute atomic E-state index is 11.5. The number of rotatable bonds is 5. The van der Waals surface area contributed by atoms with Crippen molar-refractivity contribution in [3.8, 4) is 11.5 Å². The van der Waals surface area contributed by atoms with Gasteiger partial charge in [0.05, 0.1) is 6.21 Å². The number of nitrogens with zero attached hydrogens (tertiary/aromatic N) is 1. The van der Waals surface area contributed by atoms with E-state index >= 15 is 0 Å². The Morgan fingerprint density at radius 3 is 2.67 bits per heavy atom. The first-order valence-corrected chi connectivity index (χ1v) is 6.51. The molecule has 0 heterocycles. The summed E-state index contributed by atoms with van der Waals surface area (Å²) in [6, 6.07) is 13.3. The Kier molecular flexibility index (Phi) is 5.17. The third-order valence-corrected chi connectivity index (χ3v) is 2.77. The number of amides is 1. The minimum Gasteiger partial charge on any atom is -0.507 e. The molecular formula is C15H13ClN2O3. The van der Waals surface area contributed by atoms with Crippen LogP contribution in [0.25, 0.3) is 0 Å². The molecule has 2 N–H and O–H groups in total. The number of carbonyl (C=O) groups is 1. The van der Waals surface area contributed by atoms with Gasteiger partial charge in [0.25, 0.3) is 5.91 Å². The van der Waals surface area contributed by atoms with E-state index in [0.717, 1.165) is 0 Å². The van der Waals surface area contributed by atoms with Crippen LogP contribution in [0.2, 0.25) is 5.02 Å². The van der Waals surface area contributed by atoms with E-state index in [0.29, 0.717) is 16.3 Å². The van der Waals surface area contributed by atoms with Crippen molar-refractivity contribution < 1.29 is 14.6 Å². The van der Waals surface area contributed by atoms with Crippen LogP contribution in [0.3, 0.4) is 0 Å². The normalized spacial score (nSPS) is 10.5. The fourth-order valence-electron chi connectivity index (χ4n) is 1.48. The number of hydrogen-bond donors (Lipinski definition) is 2. The number of halogens is 1. The molecule has 1 amide bonds. The van der Waals surface area contributed by atoms with Crippen molar-refractivity contribution >= 4 is 23.7 Å². The van der Waals surface area contributed by atoms with Crippen molar-refractivity contribution in [2.45, 2.75) is 0 Å². The number of phenolic OH excluding ortho intramolecular Hbond substituents is 1. The van der Waals surface area contributed by atoms with Crippen LogP contribution in [0.1, 0.15) is 5.56 Å². The van der Waals surface area contributed by atoms with E-state index in [1.165, 1.54) is 12.3 Å². The number of phenols is 1. The summed E-state index contributed by atoms with van der Waals surface area (Å²) < 4.78 is 5.26. The second-order valence-electron chi connectivity index (χ2n) is 4.09. The number of carbonyl (C=O) groups excluding carboxylic acids is 1. The molecule has 0 unspecified atom stereocenters. The Morgan fingerprint density at radius 2 is 1.95 bits per heavy atom. The van der Waals surface area contributed by atoms with E-state index in [-0.39, 0.29) is 12.4 Å². The molecule has 5 nitrogen and oxygen atoms in total. The van der Waals surface area contributed by atoms with E-state index in [1.807, 2.05) is 0 Å². The number of hydrogen-bond acceptors (Lipinski definition) is 4. The zero-order chi connectivity index (χ0) is 15.1. The average molecular weight is 305 g/mol. The van der Waals surface area contributed by atoms with Gasteiger partial charge in [0.15, 0.2) is 6.61 Å². The van der Waals surface area contributed by atoms with Crippen molar-refractivity contribution in [2.75, 3.05) is 6.61 Å². The van der Waals surface area contributed by atoms with Crippen molar-refractivity contribution in [3.63, 3.8) is 0 Å². The Hall–Kier alpha value is -2.53. The monoisotopic (exact) mass is 304 g/mol. The molecule has 0 atom stereocenters. The quantitative estimate of drug-likeness (QED) is 0.659. The summed E-state index contributed by atoms with van der Waals surface area (Å²) in [4.78, 5) is 11.5. The Morgan fingerprint density at radius 1 is 1.24 bits per heavy atom. The number of aromatic hydroxyl groups is 1. The van der Waals surface area contributed by atoms with Crippen molar-refractivity contribution in [3.05, 3.63) is 59.1 Å². The molecule has 0 fully saturated rings. The topological polar surface area (TPSA) is 70.9 Å². The van der Waals surface area contributed by atoms with Gasteiger partial charge in [-0.25, -0.2) is 5.43 Å². The molecule has 0 aliphatic carbocycles. The molecular weight excluding hydrogens is 292 g/mol. The number of benzene rings is 2. The van der Waals surface area contributed by atoms with Crippen molar-refractivity contribution in [1.82, 2.24) is 5.43 Å². The molecule has 0 saturated heterocycles. The van der Waals surface area contributed by atoms with E-state index in [4.69, 9.17) is 16.3 Å². The lowest BCUT2D eigenvalue weighted by Gasteiger charge is -2.04. The average Bonchev–Trinajstić information content (AvgIpc) is 2.49. The molecule has 2 rings (SSSR count). The van der Waals surface area contributed by atoms with Gasteiger partial charge in [-0.15, -0.1) is 0 Å². The third-order valence-electron chi connectivity index (χ3n) is 2.51. The smallest absolute Gasteiger partial charge is 0.277 e. The van der Waals surface area contributed by atoms with Crippen LogP contribution in [-0.2, 0) is 4.79 Å². The maximum atomic E-state index is 11.5. The van der Waals surface area contributed by atoms with E-state index in [2.05, 4.69) is 10.5 Å². The van der Waals surface area contributed by atoms with Gasteiger partial charge in [-0.05, 0) is 36.4 Å². The Labute approximate surface area is 126 Å². The standard InChI is InChI=1S/C15H13ClN2O3/c16-12-5-7-13(8-6-12)21-10-15(20)18-17-9-11-3-1-2-4-14(11)19/h1-9,19H,10H2,(H,18,20)/b17-9+. The molecule has 108 valence electrons. The minimum absolute atomic E-state index is 0.0907. The van der Waals surface area contributed by atoms with Crippen molar-refractivity contribution in [1.29, 1.82) is 0 Å². The fourth-order valence-corrected chi connectivity index (χ4v) is 1.61. The molecule has 21 heavy (non-hydrogen) atoms. The number of hydrazone groups is 1. The minimum atomic E-state index is -0.406. The lowest BCUT2D eigenvalue weighted by atomic mass is 10.2. The van der Waals surface area contributed by atoms with E-state index in [9.17, 15) is 9.90 Å². The summed E-state index contributed by atoms with van der Waals surface area (Å²) in [6.45, 7) is -0.167. The SMILES string of the molecule is O=C(COc1ccc(Cl)cc1)N/N=C/c1ccccc1O. The van der Waals surface area contributed by atoms with Gasteiger partial charge in [-0.2, -0.15) is 5.10 Å². The lowest BCUT2D eigenvalue weighted by molar-refractivity contribution is -0.123. The predicted molar refractivity (Wildman–Crippen MR) is 80.8 cm³/mol. The van der Waals surface area contributed by atoms with E-state index < -0.39 is 5.91 Å². The molecule has 0 aliphatic heterocycles. The van der Waals surface area contributed by atoms with Crippen LogP contribution in [-0.4, -0.2) is 23.8 Å². The summed E-state index contributed by atoms with van der Waals surface area (Å²) in [6.07, 6.45) is 1.36. The highest BCUT2D eigenvalue weighted by Gasteiger charge is 2.01. The second-order valence-corrected chi connectivity index (χ2v) is 4.53. The largest absolute Gasteiger partial charge is 0.507 e. The van der Waals surface area contributed by atoms with Gasteiger partial charge in [-0.3, -0.25) is 4.79 Å². The first kappa shape index (κ1) is 14.9.